The molecule has 2 heterocycles. The molecule has 0 spiro atoms. The van der Waals surface area contributed by atoms with Crippen LogP contribution < -0.4 is 10.6 Å². The molecule has 0 radical (unpaired) electrons. The smallest absolute Gasteiger partial charge is 0.228 e. The Morgan fingerprint density at radius 2 is 2.09 bits per heavy atom. The highest BCUT2D eigenvalue weighted by Crippen LogP contribution is 2.15. The third-order valence-electron chi connectivity index (χ3n) is 3.70. The van der Waals surface area contributed by atoms with Crippen LogP contribution in [0.1, 0.15) is 18.4 Å². The van der Waals surface area contributed by atoms with E-state index in [0.717, 1.165) is 37.2 Å². The number of piperidine rings is 1. The summed E-state index contributed by atoms with van der Waals surface area (Å²) in [6.45, 7) is 2.47. The maximum atomic E-state index is 12.1. The van der Waals surface area contributed by atoms with E-state index in [4.69, 9.17) is 0 Å². The number of amides is 1. The molecular formula is C15H21Cl2N5O. The van der Waals surface area contributed by atoms with Crippen molar-refractivity contribution in [1.29, 1.82) is 0 Å². The Balaban J connectivity index is 0.00000132. The van der Waals surface area contributed by atoms with Crippen molar-refractivity contribution in [1.82, 2.24) is 20.1 Å². The van der Waals surface area contributed by atoms with Crippen molar-refractivity contribution in [3.05, 3.63) is 42.5 Å². The molecular weight excluding hydrogens is 337 g/mol. The molecule has 23 heavy (non-hydrogen) atoms. The number of carbonyl (C=O) groups is 1. The highest BCUT2D eigenvalue weighted by molar-refractivity contribution is 5.92. The SMILES string of the molecule is Cl.Cl.O=C(Nc1ccc(Cn2cncn2)cc1)[C@@H]1CCCNC1. The van der Waals surface area contributed by atoms with Gasteiger partial charge in [-0.25, -0.2) is 9.67 Å². The van der Waals surface area contributed by atoms with Gasteiger partial charge in [0, 0.05) is 12.2 Å². The Kier molecular flexibility index (Phi) is 8.02. The Labute approximate surface area is 147 Å². The van der Waals surface area contributed by atoms with Gasteiger partial charge in [-0.3, -0.25) is 4.79 Å². The maximum absolute atomic E-state index is 12.1. The van der Waals surface area contributed by atoms with Gasteiger partial charge >= 0.3 is 0 Å². The Bertz CT molecular complexity index is 582. The first-order valence-electron chi connectivity index (χ1n) is 7.24. The second-order valence-corrected chi connectivity index (χ2v) is 5.32. The molecule has 6 nitrogen and oxygen atoms in total. The molecule has 2 aromatic rings. The number of rotatable bonds is 4. The maximum Gasteiger partial charge on any atom is 0.228 e. The lowest BCUT2D eigenvalue weighted by Gasteiger charge is -2.21. The summed E-state index contributed by atoms with van der Waals surface area (Å²) in [5.74, 6) is 0.180. The summed E-state index contributed by atoms with van der Waals surface area (Å²) in [4.78, 5) is 16.1. The summed E-state index contributed by atoms with van der Waals surface area (Å²) in [7, 11) is 0. The van der Waals surface area contributed by atoms with E-state index in [2.05, 4.69) is 20.7 Å². The summed E-state index contributed by atoms with van der Waals surface area (Å²) in [6.07, 6.45) is 5.23. The van der Waals surface area contributed by atoms with E-state index in [0.29, 0.717) is 6.54 Å². The fourth-order valence-electron chi connectivity index (χ4n) is 2.51. The van der Waals surface area contributed by atoms with Gasteiger partial charge in [0.25, 0.3) is 0 Å². The molecule has 1 saturated heterocycles. The van der Waals surface area contributed by atoms with Crippen molar-refractivity contribution in [3.8, 4) is 0 Å². The Morgan fingerprint density at radius 3 is 2.70 bits per heavy atom. The van der Waals surface area contributed by atoms with Gasteiger partial charge in [0.05, 0.1) is 12.5 Å². The van der Waals surface area contributed by atoms with Crippen molar-refractivity contribution >= 4 is 36.4 Å². The minimum atomic E-state index is 0. The number of carbonyl (C=O) groups excluding carboxylic acids is 1. The monoisotopic (exact) mass is 357 g/mol. The normalized spacial score (nSPS) is 16.8. The molecule has 1 aromatic heterocycles. The summed E-state index contributed by atoms with van der Waals surface area (Å²) >= 11 is 0. The van der Waals surface area contributed by atoms with Crippen LogP contribution in [-0.2, 0) is 11.3 Å². The van der Waals surface area contributed by atoms with E-state index in [1.54, 1.807) is 11.0 Å². The average Bonchev–Trinajstić information content (AvgIpc) is 3.03. The lowest BCUT2D eigenvalue weighted by atomic mass is 9.99. The summed E-state index contributed by atoms with van der Waals surface area (Å²) in [5.41, 5.74) is 1.96. The number of halogens is 2. The zero-order valence-electron chi connectivity index (χ0n) is 12.6. The van der Waals surface area contributed by atoms with Gasteiger partial charge in [-0.1, -0.05) is 12.1 Å². The van der Waals surface area contributed by atoms with E-state index < -0.39 is 0 Å². The van der Waals surface area contributed by atoms with Crippen molar-refractivity contribution in [2.24, 2.45) is 5.92 Å². The van der Waals surface area contributed by atoms with Gasteiger partial charge < -0.3 is 10.6 Å². The highest BCUT2D eigenvalue weighted by atomic mass is 35.5. The van der Waals surface area contributed by atoms with Crippen LogP contribution in [0.5, 0.6) is 0 Å². The lowest BCUT2D eigenvalue weighted by Crippen LogP contribution is -2.37. The molecule has 1 aromatic carbocycles. The number of hydrogen-bond donors (Lipinski definition) is 2. The van der Waals surface area contributed by atoms with Crippen LogP contribution in [0.25, 0.3) is 0 Å². The fraction of sp³-hybridized carbons (Fsp3) is 0.400. The number of hydrogen-bond acceptors (Lipinski definition) is 4. The zero-order chi connectivity index (χ0) is 14.5. The quantitative estimate of drug-likeness (QED) is 0.878. The van der Waals surface area contributed by atoms with Gasteiger partial charge in [0.1, 0.15) is 12.7 Å². The van der Waals surface area contributed by atoms with E-state index in [1.807, 2.05) is 24.3 Å². The molecule has 1 atom stereocenters. The molecule has 3 rings (SSSR count). The number of aromatic nitrogens is 3. The fourth-order valence-corrected chi connectivity index (χ4v) is 2.51. The van der Waals surface area contributed by atoms with Crippen molar-refractivity contribution in [2.75, 3.05) is 18.4 Å². The second kappa shape index (κ2) is 9.50. The highest BCUT2D eigenvalue weighted by Gasteiger charge is 2.20. The van der Waals surface area contributed by atoms with Gasteiger partial charge in [-0.15, -0.1) is 24.8 Å². The number of nitrogens with one attached hydrogen (secondary N) is 2. The van der Waals surface area contributed by atoms with Gasteiger partial charge in [0.2, 0.25) is 5.91 Å². The van der Waals surface area contributed by atoms with Gasteiger partial charge in [-0.2, -0.15) is 5.10 Å². The Morgan fingerprint density at radius 1 is 1.30 bits per heavy atom. The standard InChI is InChI=1S/C15H19N5O.2ClH/c21-15(13-2-1-7-16-8-13)19-14-5-3-12(4-6-14)9-20-11-17-10-18-20;;/h3-6,10-11,13,16H,1-2,7-9H2,(H,19,21);2*1H/t13-;;/m1../s1. The third-order valence-corrected chi connectivity index (χ3v) is 3.70. The first-order valence-corrected chi connectivity index (χ1v) is 7.24. The van der Waals surface area contributed by atoms with E-state index in [9.17, 15) is 4.79 Å². The molecule has 2 N–H and O–H groups in total. The molecule has 0 aliphatic carbocycles. The molecule has 8 heteroatoms. The minimum Gasteiger partial charge on any atom is -0.326 e. The van der Waals surface area contributed by atoms with Crippen LogP contribution in [0, 0.1) is 5.92 Å². The third kappa shape index (κ3) is 5.49. The van der Waals surface area contributed by atoms with E-state index in [-0.39, 0.29) is 36.6 Å². The number of anilines is 1. The molecule has 1 aliphatic heterocycles. The number of nitrogens with zero attached hydrogens (tertiary/aromatic N) is 3. The molecule has 0 unspecified atom stereocenters. The van der Waals surface area contributed by atoms with E-state index in [1.165, 1.54) is 6.33 Å². The second-order valence-electron chi connectivity index (χ2n) is 5.32. The molecule has 0 bridgehead atoms. The predicted molar refractivity (Wildman–Crippen MR) is 94.3 cm³/mol. The van der Waals surface area contributed by atoms with Gasteiger partial charge in [0.15, 0.2) is 0 Å². The molecule has 126 valence electrons. The first kappa shape index (κ1) is 19.4. The number of benzene rings is 1. The molecule has 0 saturated carbocycles. The van der Waals surface area contributed by atoms with Crippen LogP contribution in [0.15, 0.2) is 36.9 Å². The van der Waals surface area contributed by atoms with Gasteiger partial charge in [-0.05, 0) is 37.1 Å². The molecule has 1 aliphatic rings. The summed E-state index contributed by atoms with van der Waals surface area (Å²) in [6, 6.07) is 7.85. The topological polar surface area (TPSA) is 71.8 Å². The van der Waals surface area contributed by atoms with Crippen LogP contribution in [0.3, 0.4) is 0 Å². The van der Waals surface area contributed by atoms with E-state index >= 15 is 0 Å². The van der Waals surface area contributed by atoms with Crippen LogP contribution in [0.4, 0.5) is 5.69 Å². The van der Waals surface area contributed by atoms with Crippen LogP contribution in [-0.4, -0.2) is 33.8 Å². The molecule has 1 fully saturated rings. The first-order chi connectivity index (χ1) is 10.3. The minimum absolute atomic E-state index is 0. The van der Waals surface area contributed by atoms with Crippen molar-refractivity contribution in [3.63, 3.8) is 0 Å². The summed E-state index contributed by atoms with van der Waals surface area (Å²) < 4.78 is 1.77. The van der Waals surface area contributed by atoms with Crippen molar-refractivity contribution < 1.29 is 4.79 Å². The average molecular weight is 358 g/mol. The largest absolute Gasteiger partial charge is 0.326 e. The Hall–Kier alpha value is -1.63. The predicted octanol–water partition coefficient (Wildman–Crippen LogP) is 2.11. The van der Waals surface area contributed by atoms with Crippen molar-refractivity contribution in [2.45, 2.75) is 19.4 Å². The zero-order valence-corrected chi connectivity index (χ0v) is 14.3. The summed E-state index contributed by atoms with van der Waals surface area (Å²) in [5, 5.41) is 10.3. The lowest BCUT2D eigenvalue weighted by molar-refractivity contribution is -0.120. The van der Waals surface area contributed by atoms with Crippen LogP contribution in [0.2, 0.25) is 0 Å². The van der Waals surface area contributed by atoms with Crippen LogP contribution >= 0.6 is 24.8 Å². The molecule has 1 amide bonds.